The summed E-state index contributed by atoms with van der Waals surface area (Å²) in [5, 5.41) is 10.6. The fourth-order valence-electron chi connectivity index (χ4n) is 7.05. The van der Waals surface area contributed by atoms with Gasteiger partial charge in [-0.2, -0.15) is 0 Å². The Balaban J connectivity index is 1.83. The summed E-state index contributed by atoms with van der Waals surface area (Å²) in [5.74, 6) is -2.30. The van der Waals surface area contributed by atoms with E-state index < -0.39 is 35.6 Å². The van der Waals surface area contributed by atoms with Crippen LogP contribution in [0.5, 0.6) is 0 Å². The summed E-state index contributed by atoms with van der Waals surface area (Å²) in [4.78, 5) is 47.6. The predicted octanol–water partition coefficient (Wildman–Crippen LogP) is 3.19. The van der Waals surface area contributed by atoms with Gasteiger partial charge in [-0.3, -0.25) is 14.4 Å². The Bertz CT molecular complexity index is 1120. The first-order valence-electron chi connectivity index (χ1n) is 14.2. The van der Waals surface area contributed by atoms with Crippen molar-refractivity contribution in [3.05, 3.63) is 61.2 Å². The van der Waals surface area contributed by atoms with Crippen LogP contribution in [-0.4, -0.2) is 98.9 Å². The molecule has 1 spiro atoms. The molecule has 8 atom stereocenters. The van der Waals surface area contributed by atoms with E-state index in [2.05, 4.69) is 36.0 Å². The van der Waals surface area contributed by atoms with Crippen LogP contribution in [0.15, 0.2) is 55.6 Å². The van der Waals surface area contributed by atoms with E-state index in [9.17, 15) is 19.5 Å². The van der Waals surface area contributed by atoms with Gasteiger partial charge in [0.25, 0.3) is 0 Å². The van der Waals surface area contributed by atoms with Gasteiger partial charge in [0.05, 0.1) is 30.6 Å². The predicted molar refractivity (Wildman–Crippen MR) is 158 cm³/mol. The Morgan fingerprint density at radius 1 is 1.23 bits per heavy atom. The maximum atomic E-state index is 14.6. The SMILES string of the molecule is C=CCN(C)C(=O)[C@H]1[C@@H]2OC3(CC2Br)C(C(=O)N(CC=C)C(C)CCC)N([C@@H](CO)Cc2ccccc2)C(=O)[C@H]13. The quantitative estimate of drug-likeness (QED) is 0.272. The highest BCUT2D eigenvalue weighted by molar-refractivity contribution is 9.09. The standard InChI is InChI=1S/C31H42BrN3O5/c1-6-12-20(4)34(16-8-3)30(39)27-31-18-23(32)26(40-31)24(28(37)33(5)15-7-2)25(31)29(38)35(27)22(19-36)17-21-13-10-9-11-14-21/h7-11,13-14,20,22-27,36H,2-3,6,12,15-19H2,1,4-5H3/t20?,22-,23?,24-,25+,26-,27?,31?/m1/s1. The number of hydrogen-bond donors (Lipinski definition) is 1. The molecule has 3 aliphatic rings. The van der Waals surface area contributed by atoms with Crippen LogP contribution >= 0.6 is 15.9 Å². The summed E-state index contributed by atoms with van der Waals surface area (Å²) in [6, 6.07) is 7.90. The number of likely N-dealkylation sites (N-methyl/N-ethyl adjacent to an activating group) is 1. The van der Waals surface area contributed by atoms with E-state index in [4.69, 9.17) is 4.74 Å². The lowest BCUT2D eigenvalue weighted by atomic mass is 9.70. The van der Waals surface area contributed by atoms with Gasteiger partial charge in [0.2, 0.25) is 17.7 Å². The molecule has 40 heavy (non-hydrogen) atoms. The number of carbonyl (C=O) groups excluding carboxylic acids is 3. The lowest BCUT2D eigenvalue weighted by Crippen LogP contribution is -2.60. The number of ether oxygens (including phenoxy) is 1. The van der Waals surface area contributed by atoms with Crippen molar-refractivity contribution in [2.45, 2.75) is 74.2 Å². The first-order chi connectivity index (χ1) is 19.2. The maximum Gasteiger partial charge on any atom is 0.248 e. The second-order valence-electron chi connectivity index (χ2n) is 11.4. The summed E-state index contributed by atoms with van der Waals surface area (Å²) in [7, 11) is 1.69. The van der Waals surface area contributed by atoms with Gasteiger partial charge < -0.3 is 24.5 Å². The van der Waals surface area contributed by atoms with E-state index in [1.807, 2.05) is 37.3 Å². The van der Waals surface area contributed by atoms with Gasteiger partial charge in [0.1, 0.15) is 11.6 Å². The molecule has 218 valence electrons. The molecule has 0 aliphatic carbocycles. The molecular formula is C31H42BrN3O5. The number of hydrogen-bond acceptors (Lipinski definition) is 5. The molecule has 4 rings (SSSR count). The van der Waals surface area contributed by atoms with Gasteiger partial charge in [-0.15, -0.1) is 13.2 Å². The summed E-state index contributed by atoms with van der Waals surface area (Å²) in [5.41, 5.74) is -0.239. The van der Waals surface area contributed by atoms with Gasteiger partial charge >= 0.3 is 0 Å². The van der Waals surface area contributed by atoms with Crippen molar-refractivity contribution in [3.63, 3.8) is 0 Å². The molecule has 8 nitrogen and oxygen atoms in total. The third kappa shape index (κ3) is 5.16. The normalized spacial score (nSPS) is 30.1. The minimum Gasteiger partial charge on any atom is -0.394 e. The molecule has 1 N–H and O–H groups in total. The monoisotopic (exact) mass is 615 g/mol. The third-order valence-corrected chi connectivity index (χ3v) is 9.64. The van der Waals surface area contributed by atoms with Crippen molar-refractivity contribution in [2.75, 3.05) is 26.7 Å². The zero-order chi connectivity index (χ0) is 29.2. The lowest BCUT2D eigenvalue weighted by molar-refractivity contribution is -0.152. The summed E-state index contributed by atoms with van der Waals surface area (Å²) < 4.78 is 6.67. The number of halogens is 1. The van der Waals surface area contributed by atoms with Crippen LogP contribution in [0.3, 0.4) is 0 Å². The molecular weight excluding hydrogens is 574 g/mol. The highest BCUT2D eigenvalue weighted by atomic mass is 79.9. The average molecular weight is 617 g/mol. The zero-order valence-electron chi connectivity index (χ0n) is 23.7. The summed E-state index contributed by atoms with van der Waals surface area (Å²) in [6.45, 7) is 12.0. The van der Waals surface area contributed by atoms with Crippen LogP contribution in [0.4, 0.5) is 0 Å². The number of aliphatic hydroxyl groups is 1. The van der Waals surface area contributed by atoms with Gasteiger partial charge in [-0.25, -0.2) is 0 Å². The average Bonchev–Trinajstić information content (AvgIpc) is 3.53. The Hall–Kier alpha value is -2.49. The Morgan fingerprint density at radius 3 is 2.50 bits per heavy atom. The van der Waals surface area contributed by atoms with Crippen molar-refractivity contribution in [1.82, 2.24) is 14.7 Å². The van der Waals surface area contributed by atoms with Crippen LogP contribution < -0.4 is 0 Å². The smallest absolute Gasteiger partial charge is 0.248 e. The van der Waals surface area contributed by atoms with Gasteiger partial charge in [-0.1, -0.05) is 71.8 Å². The fourth-order valence-corrected chi connectivity index (χ4v) is 8.00. The van der Waals surface area contributed by atoms with Gasteiger partial charge in [-0.05, 0) is 31.7 Å². The molecule has 1 aromatic carbocycles. The maximum absolute atomic E-state index is 14.6. The molecule has 3 heterocycles. The number of alkyl halides is 1. The van der Waals surface area contributed by atoms with Crippen LogP contribution in [0.25, 0.3) is 0 Å². The molecule has 3 aliphatic heterocycles. The molecule has 9 heteroatoms. The first-order valence-corrected chi connectivity index (χ1v) is 15.1. The molecule has 0 aromatic heterocycles. The van der Waals surface area contributed by atoms with Crippen LogP contribution in [0.2, 0.25) is 0 Å². The van der Waals surface area contributed by atoms with Crippen molar-refractivity contribution in [3.8, 4) is 0 Å². The second kappa shape index (κ2) is 12.6. The number of rotatable bonds is 13. The summed E-state index contributed by atoms with van der Waals surface area (Å²) >= 11 is 3.73. The number of nitrogens with zero attached hydrogens (tertiary/aromatic N) is 3. The van der Waals surface area contributed by atoms with E-state index >= 15 is 0 Å². The molecule has 3 saturated heterocycles. The molecule has 4 unspecified atom stereocenters. The lowest BCUT2D eigenvalue weighted by Gasteiger charge is -2.41. The van der Waals surface area contributed by atoms with E-state index in [0.29, 0.717) is 25.9 Å². The van der Waals surface area contributed by atoms with E-state index in [1.54, 1.807) is 33.9 Å². The molecule has 0 radical (unpaired) electrons. The number of fused-ring (bicyclic) bond motifs is 1. The number of benzene rings is 1. The first kappa shape index (κ1) is 30.5. The molecule has 1 aromatic rings. The Kier molecular flexibility index (Phi) is 9.58. The van der Waals surface area contributed by atoms with Crippen molar-refractivity contribution in [2.24, 2.45) is 11.8 Å². The molecule has 3 fully saturated rings. The highest BCUT2D eigenvalue weighted by Gasteiger charge is 2.77. The van der Waals surface area contributed by atoms with Crippen molar-refractivity contribution >= 4 is 33.7 Å². The Labute approximate surface area is 246 Å². The number of likely N-dealkylation sites (tertiary alicyclic amines) is 1. The topological polar surface area (TPSA) is 90.4 Å². The number of amides is 3. The van der Waals surface area contributed by atoms with Crippen molar-refractivity contribution in [1.29, 1.82) is 0 Å². The third-order valence-electron chi connectivity index (χ3n) is 8.79. The largest absolute Gasteiger partial charge is 0.394 e. The zero-order valence-corrected chi connectivity index (χ0v) is 25.3. The van der Waals surface area contributed by atoms with Crippen molar-refractivity contribution < 1.29 is 24.2 Å². The number of carbonyl (C=O) groups is 3. The fraction of sp³-hybridized carbons (Fsp3) is 0.581. The van der Waals surface area contributed by atoms with Crippen LogP contribution in [0.1, 0.15) is 38.7 Å². The molecule has 3 amide bonds. The van der Waals surface area contributed by atoms with Crippen LogP contribution in [-0.2, 0) is 25.5 Å². The summed E-state index contributed by atoms with van der Waals surface area (Å²) in [6.07, 6.45) is 5.29. The van der Waals surface area contributed by atoms with Crippen LogP contribution in [0, 0.1) is 11.8 Å². The second-order valence-corrected chi connectivity index (χ2v) is 12.5. The van der Waals surface area contributed by atoms with Gasteiger partial charge in [0, 0.05) is 31.0 Å². The highest BCUT2D eigenvalue weighted by Crippen LogP contribution is 2.61. The van der Waals surface area contributed by atoms with E-state index in [-0.39, 0.29) is 35.2 Å². The molecule has 0 saturated carbocycles. The van der Waals surface area contributed by atoms with Gasteiger partial charge in [0.15, 0.2) is 0 Å². The van der Waals surface area contributed by atoms with E-state index in [1.165, 1.54) is 0 Å². The minimum absolute atomic E-state index is 0.0841. The number of aliphatic hydroxyl groups excluding tert-OH is 1. The van der Waals surface area contributed by atoms with E-state index in [0.717, 1.165) is 18.4 Å². The minimum atomic E-state index is -1.18. The molecule has 2 bridgehead atoms. The Morgan fingerprint density at radius 2 is 1.90 bits per heavy atom.